The van der Waals surface area contributed by atoms with Crippen molar-refractivity contribution in [3.63, 3.8) is 0 Å². The van der Waals surface area contributed by atoms with Crippen molar-refractivity contribution in [3.8, 4) is 0 Å². The Morgan fingerprint density at radius 2 is 2.10 bits per heavy atom. The molecule has 0 bridgehead atoms. The van der Waals surface area contributed by atoms with Crippen LogP contribution in [-0.2, 0) is 6.54 Å². The average molecular weight is 296 g/mol. The van der Waals surface area contributed by atoms with E-state index in [9.17, 15) is 0 Å². The first-order valence-electron chi connectivity index (χ1n) is 7.73. The van der Waals surface area contributed by atoms with Crippen LogP contribution < -0.4 is 10.6 Å². The Bertz CT molecular complexity index is 428. The van der Waals surface area contributed by atoms with Crippen molar-refractivity contribution in [3.05, 3.63) is 22.8 Å². The molecule has 1 fully saturated rings. The zero-order chi connectivity index (χ0) is 14.5. The van der Waals surface area contributed by atoms with Crippen LogP contribution in [0.3, 0.4) is 0 Å². The van der Waals surface area contributed by atoms with Crippen LogP contribution in [0.25, 0.3) is 0 Å². The summed E-state index contributed by atoms with van der Waals surface area (Å²) in [5.74, 6) is 1.64. The Kier molecular flexibility index (Phi) is 5.67. The second-order valence-electron chi connectivity index (χ2n) is 6.17. The summed E-state index contributed by atoms with van der Waals surface area (Å²) in [6, 6.07) is 2.56. The van der Waals surface area contributed by atoms with Gasteiger partial charge < -0.3 is 10.6 Å². The molecule has 0 saturated heterocycles. The summed E-state index contributed by atoms with van der Waals surface area (Å²) in [6.45, 7) is 6.05. The number of halogens is 1. The van der Waals surface area contributed by atoms with Gasteiger partial charge in [-0.2, -0.15) is 0 Å². The van der Waals surface area contributed by atoms with E-state index in [1.807, 2.05) is 12.3 Å². The van der Waals surface area contributed by atoms with E-state index >= 15 is 0 Å². The fourth-order valence-corrected chi connectivity index (χ4v) is 3.17. The summed E-state index contributed by atoms with van der Waals surface area (Å²) >= 11 is 6.44. The highest BCUT2D eigenvalue weighted by Gasteiger charge is 2.25. The molecule has 4 heteroatoms. The zero-order valence-corrected chi connectivity index (χ0v) is 13.4. The Labute approximate surface area is 127 Å². The fourth-order valence-electron chi connectivity index (χ4n) is 2.87. The van der Waals surface area contributed by atoms with Crippen molar-refractivity contribution in [1.82, 2.24) is 4.98 Å². The van der Waals surface area contributed by atoms with Crippen molar-refractivity contribution in [2.75, 3.05) is 11.4 Å². The van der Waals surface area contributed by atoms with Gasteiger partial charge in [0.1, 0.15) is 5.82 Å². The third-order valence-electron chi connectivity index (χ3n) is 4.10. The van der Waals surface area contributed by atoms with Gasteiger partial charge in [0.2, 0.25) is 0 Å². The highest BCUT2D eigenvalue weighted by atomic mass is 35.5. The molecule has 1 aromatic heterocycles. The van der Waals surface area contributed by atoms with Gasteiger partial charge in [0.15, 0.2) is 0 Å². The van der Waals surface area contributed by atoms with E-state index < -0.39 is 0 Å². The molecular formula is C16H26ClN3. The lowest BCUT2D eigenvalue weighted by molar-refractivity contribution is 0.525. The number of aromatic nitrogens is 1. The summed E-state index contributed by atoms with van der Waals surface area (Å²) < 4.78 is 0. The molecule has 112 valence electrons. The van der Waals surface area contributed by atoms with Gasteiger partial charge in [-0.25, -0.2) is 4.98 Å². The molecule has 1 aliphatic carbocycles. The third-order valence-corrected chi connectivity index (χ3v) is 4.38. The molecule has 0 spiro atoms. The van der Waals surface area contributed by atoms with Gasteiger partial charge in [-0.05, 0) is 36.8 Å². The Hall–Kier alpha value is -0.800. The number of nitrogens with two attached hydrogens (primary N) is 1. The quantitative estimate of drug-likeness (QED) is 0.863. The molecule has 1 aliphatic rings. The van der Waals surface area contributed by atoms with Crippen molar-refractivity contribution >= 4 is 17.4 Å². The van der Waals surface area contributed by atoms with Gasteiger partial charge in [-0.3, -0.25) is 0 Å². The molecular weight excluding hydrogens is 270 g/mol. The Balaban J connectivity index is 2.20. The maximum absolute atomic E-state index is 6.44. The standard InChI is InChI=1S/C16H26ClN3/c1-12(2)7-8-20(14-5-3-4-6-14)16-15(17)9-13(10-18)11-19-16/h9,11-12,14H,3-8,10,18H2,1-2H3. The SMILES string of the molecule is CC(C)CCN(c1ncc(CN)cc1Cl)C1CCCC1. The predicted molar refractivity (Wildman–Crippen MR) is 86.2 cm³/mol. The van der Waals surface area contributed by atoms with Gasteiger partial charge in [0, 0.05) is 25.3 Å². The van der Waals surface area contributed by atoms with Crippen molar-refractivity contribution in [1.29, 1.82) is 0 Å². The maximum Gasteiger partial charge on any atom is 0.147 e. The number of anilines is 1. The van der Waals surface area contributed by atoms with Crippen molar-refractivity contribution in [2.45, 2.75) is 58.5 Å². The van der Waals surface area contributed by atoms with Crippen LogP contribution in [-0.4, -0.2) is 17.6 Å². The van der Waals surface area contributed by atoms with Crippen LogP contribution in [0.2, 0.25) is 5.02 Å². The van der Waals surface area contributed by atoms with Gasteiger partial charge >= 0.3 is 0 Å². The first-order chi connectivity index (χ1) is 9.61. The highest BCUT2D eigenvalue weighted by molar-refractivity contribution is 6.33. The second-order valence-corrected chi connectivity index (χ2v) is 6.57. The molecule has 0 aliphatic heterocycles. The molecule has 0 unspecified atom stereocenters. The normalized spacial score (nSPS) is 16.1. The van der Waals surface area contributed by atoms with Crippen LogP contribution in [0.15, 0.2) is 12.3 Å². The van der Waals surface area contributed by atoms with Gasteiger partial charge in [-0.1, -0.05) is 38.3 Å². The smallest absolute Gasteiger partial charge is 0.147 e. The summed E-state index contributed by atoms with van der Waals surface area (Å²) in [7, 11) is 0. The molecule has 0 aromatic carbocycles. The zero-order valence-electron chi connectivity index (χ0n) is 12.6. The van der Waals surface area contributed by atoms with E-state index in [2.05, 4.69) is 23.7 Å². The van der Waals surface area contributed by atoms with E-state index in [1.165, 1.54) is 32.1 Å². The predicted octanol–water partition coefficient (Wildman–Crippen LogP) is 3.99. The lowest BCUT2D eigenvalue weighted by Crippen LogP contribution is -2.35. The van der Waals surface area contributed by atoms with Crippen LogP contribution in [0.4, 0.5) is 5.82 Å². The van der Waals surface area contributed by atoms with Gasteiger partial charge in [-0.15, -0.1) is 0 Å². The van der Waals surface area contributed by atoms with Crippen LogP contribution in [0.1, 0.15) is 51.5 Å². The highest BCUT2D eigenvalue weighted by Crippen LogP contribution is 2.32. The summed E-state index contributed by atoms with van der Waals surface area (Å²) in [5, 5.41) is 0.739. The minimum atomic E-state index is 0.489. The second kappa shape index (κ2) is 7.28. The summed E-state index contributed by atoms with van der Waals surface area (Å²) in [4.78, 5) is 7.01. The molecule has 2 N–H and O–H groups in total. The lowest BCUT2D eigenvalue weighted by Gasteiger charge is -2.31. The average Bonchev–Trinajstić information content (AvgIpc) is 2.94. The fraction of sp³-hybridized carbons (Fsp3) is 0.688. The van der Waals surface area contributed by atoms with E-state index in [0.717, 1.165) is 22.9 Å². The first kappa shape index (κ1) is 15.6. The first-order valence-corrected chi connectivity index (χ1v) is 8.10. The third kappa shape index (κ3) is 3.86. The topological polar surface area (TPSA) is 42.2 Å². The monoisotopic (exact) mass is 295 g/mol. The number of nitrogens with zero attached hydrogens (tertiary/aromatic N) is 2. The van der Waals surface area contributed by atoms with E-state index in [0.29, 0.717) is 18.5 Å². The Morgan fingerprint density at radius 3 is 2.65 bits per heavy atom. The largest absolute Gasteiger partial charge is 0.352 e. The van der Waals surface area contributed by atoms with Crippen LogP contribution in [0.5, 0.6) is 0 Å². The number of hydrogen-bond donors (Lipinski definition) is 1. The molecule has 0 radical (unpaired) electrons. The lowest BCUT2D eigenvalue weighted by atomic mass is 10.1. The van der Waals surface area contributed by atoms with E-state index in [-0.39, 0.29) is 0 Å². The van der Waals surface area contributed by atoms with Gasteiger partial charge in [0.05, 0.1) is 5.02 Å². The van der Waals surface area contributed by atoms with Crippen molar-refractivity contribution in [2.24, 2.45) is 11.7 Å². The number of rotatable bonds is 6. The molecule has 2 rings (SSSR count). The Morgan fingerprint density at radius 1 is 1.40 bits per heavy atom. The summed E-state index contributed by atoms with van der Waals surface area (Å²) in [5.41, 5.74) is 6.65. The van der Waals surface area contributed by atoms with Gasteiger partial charge in [0.25, 0.3) is 0 Å². The molecule has 3 nitrogen and oxygen atoms in total. The molecule has 20 heavy (non-hydrogen) atoms. The molecule has 0 amide bonds. The number of pyridine rings is 1. The molecule has 0 atom stereocenters. The van der Waals surface area contributed by atoms with E-state index in [4.69, 9.17) is 17.3 Å². The maximum atomic E-state index is 6.44. The van der Waals surface area contributed by atoms with Crippen LogP contribution >= 0.6 is 11.6 Å². The minimum Gasteiger partial charge on any atom is -0.352 e. The van der Waals surface area contributed by atoms with Crippen molar-refractivity contribution < 1.29 is 0 Å². The molecule has 1 saturated carbocycles. The molecule has 1 heterocycles. The van der Waals surface area contributed by atoms with E-state index in [1.54, 1.807) is 0 Å². The summed E-state index contributed by atoms with van der Waals surface area (Å²) in [6.07, 6.45) is 8.19. The molecule has 1 aromatic rings. The van der Waals surface area contributed by atoms with Crippen LogP contribution in [0, 0.1) is 5.92 Å². The number of hydrogen-bond acceptors (Lipinski definition) is 3. The minimum absolute atomic E-state index is 0.489.